The lowest BCUT2D eigenvalue weighted by atomic mass is 9.48. The van der Waals surface area contributed by atoms with Crippen molar-refractivity contribution in [1.82, 2.24) is 0 Å². The molecule has 0 aliphatic heterocycles. The molecule has 4 aliphatic rings. The second-order valence-electron chi connectivity index (χ2n) is 8.64. The Hall–Kier alpha value is -0.160. The van der Waals surface area contributed by atoms with Crippen molar-refractivity contribution in [1.29, 1.82) is 0 Å². The van der Waals surface area contributed by atoms with Crippen LogP contribution < -0.4 is 0 Å². The Morgan fingerprint density at radius 2 is 1.83 bits per heavy atom. The Kier molecular flexibility index (Phi) is 3.50. The van der Waals surface area contributed by atoms with Crippen molar-refractivity contribution in [2.75, 3.05) is 0 Å². The molecular formula is C19H27BrO3. The van der Waals surface area contributed by atoms with Crippen molar-refractivity contribution in [2.45, 2.75) is 62.7 Å². The molecule has 4 rings (SSSR count). The van der Waals surface area contributed by atoms with Gasteiger partial charge < -0.3 is 15.3 Å². The molecule has 3 nitrogen and oxygen atoms in total. The van der Waals surface area contributed by atoms with E-state index in [0.717, 1.165) is 25.7 Å². The van der Waals surface area contributed by atoms with Gasteiger partial charge in [-0.1, -0.05) is 53.6 Å². The zero-order chi connectivity index (χ0) is 16.6. The van der Waals surface area contributed by atoms with Crippen LogP contribution >= 0.6 is 15.9 Å². The molecule has 4 heteroatoms. The fourth-order valence-electron chi connectivity index (χ4n) is 6.19. The third-order valence-electron chi connectivity index (χ3n) is 7.71. The van der Waals surface area contributed by atoms with Crippen LogP contribution in [0.3, 0.4) is 0 Å². The first-order chi connectivity index (χ1) is 10.7. The molecular weight excluding hydrogens is 356 g/mol. The highest BCUT2D eigenvalue weighted by atomic mass is 79.9. The van der Waals surface area contributed by atoms with Crippen LogP contribution in [-0.2, 0) is 0 Å². The van der Waals surface area contributed by atoms with E-state index in [-0.39, 0.29) is 16.7 Å². The maximum Gasteiger partial charge on any atom is 0.125 e. The third kappa shape index (κ3) is 2.04. The summed E-state index contributed by atoms with van der Waals surface area (Å²) in [6.07, 6.45) is 9.56. The number of halogens is 1. The van der Waals surface area contributed by atoms with Crippen LogP contribution in [0.25, 0.3) is 0 Å². The van der Waals surface area contributed by atoms with Gasteiger partial charge in [-0.2, -0.15) is 0 Å². The van der Waals surface area contributed by atoms with Gasteiger partial charge in [0.2, 0.25) is 0 Å². The van der Waals surface area contributed by atoms with E-state index >= 15 is 0 Å². The van der Waals surface area contributed by atoms with Gasteiger partial charge in [0.1, 0.15) is 4.51 Å². The van der Waals surface area contributed by atoms with Gasteiger partial charge in [0.25, 0.3) is 0 Å². The van der Waals surface area contributed by atoms with Crippen LogP contribution in [0.1, 0.15) is 46.0 Å². The van der Waals surface area contributed by atoms with E-state index in [1.54, 1.807) is 0 Å². The minimum Gasteiger partial charge on any atom is -0.389 e. The molecule has 0 aromatic carbocycles. The summed E-state index contributed by atoms with van der Waals surface area (Å²) in [7, 11) is 0. The Morgan fingerprint density at radius 3 is 2.57 bits per heavy atom. The van der Waals surface area contributed by atoms with Crippen molar-refractivity contribution in [3.8, 4) is 0 Å². The van der Waals surface area contributed by atoms with E-state index in [9.17, 15) is 15.3 Å². The van der Waals surface area contributed by atoms with Gasteiger partial charge in [-0.25, -0.2) is 0 Å². The minimum absolute atomic E-state index is 0.0581. The summed E-state index contributed by atoms with van der Waals surface area (Å²) in [6.45, 7) is 4.45. The normalized spacial score (nSPS) is 58.2. The van der Waals surface area contributed by atoms with Gasteiger partial charge in [-0.15, -0.1) is 0 Å². The van der Waals surface area contributed by atoms with Gasteiger partial charge in [0, 0.05) is 10.8 Å². The average Bonchev–Trinajstić information content (AvgIpc) is 2.72. The number of fused-ring (bicyclic) bond motifs is 5. The molecule has 0 radical (unpaired) electrons. The van der Waals surface area contributed by atoms with E-state index < -0.39 is 16.7 Å². The number of aliphatic hydroxyl groups is 3. The standard InChI is InChI=1S/C19H27BrO3/c1-17-6-3-12(21)9-11(17)10-15(22)16-13(17)4-7-18(2)14(16)5-8-19(18,20)23/h3,6,10,12-16,21-23H,4-5,7-9H2,1-2H3/t12?,13-,14+,15?,16-,17+,18+,19?/m1/s1. The summed E-state index contributed by atoms with van der Waals surface area (Å²) in [4.78, 5) is 0. The zero-order valence-electron chi connectivity index (χ0n) is 13.9. The highest BCUT2D eigenvalue weighted by molar-refractivity contribution is 9.10. The van der Waals surface area contributed by atoms with Crippen molar-refractivity contribution in [3.05, 3.63) is 23.8 Å². The predicted octanol–water partition coefficient (Wildman–Crippen LogP) is 3.14. The number of rotatable bonds is 0. The van der Waals surface area contributed by atoms with Crippen LogP contribution in [0.15, 0.2) is 23.8 Å². The Balaban J connectivity index is 1.77. The molecule has 3 unspecified atom stereocenters. The van der Waals surface area contributed by atoms with Crippen molar-refractivity contribution in [3.63, 3.8) is 0 Å². The summed E-state index contributed by atoms with van der Waals surface area (Å²) in [6, 6.07) is 0. The molecule has 0 aromatic rings. The van der Waals surface area contributed by atoms with E-state index in [4.69, 9.17) is 0 Å². The maximum absolute atomic E-state index is 10.9. The topological polar surface area (TPSA) is 60.7 Å². The monoisotopic (exact) mass is 382 g/mol. The molecule has 0 amide bonds. The third-order valence-corrected chi connectivity index (χ3v) is 9.01. The Labute approximate surface area is 146 Å². The van der Waals surface area contributed by atoms with Crippen LogP contribution in [-0.4, -0.2) is 32.0 Å². The fraction of sp³-hybridized carbons (Fsp3) is 0.789. The molecule has 0 saturated heterocycles. The highest BCUT2D eigenvalue weighted by Gasteiger charge is 2.64. The molecule has 3 N–H and O–H groups in total. The largest absolute Gasteiger partial charge is 0.389 e. The van der Waals surface area contributed by atoms with Gasteiger partial charge in [-0.05, 0) is 49.9 Å². The van der Waals surface area contributed by atoms with Crippen LogP contribution in [0.4, 0.5) is 0 Å². The van der Waals surface area contributed by atoms with Gasteiger partial charge in [0.05, 0.1) is 12.2 Å². The van der Waals surface area contributed by atoms with E-state index in [1.165, 1.54) is 5.57 Å². The van der Waals surface area contributed by atoms with Crippen LogP contribution in [0.2, 0.25) is 0 Å². The molecule has 0 heterocycles. The molecule has 2 saturated carbocycles. The van der Waals surface area contributed by atoms with E-state index in [0.29, 0.717) is 18.3 Å². The van der Waals surface area contributed by atoms with Gasteiger partial charge >= 0.3 is 0 Å². The highest BCUT2D eigenvalue weighted by Crippen LogP contribution is 2.67. The molecule has 0 aromatic heterocycles. The van der Waals surface area contributed by atoms with Crippen molar-refractivity contribution in [2.24, 2.45) is 28.6 Å². The smallest absolute Gasteiger partial charge is 0.125 e. The van der Waals surface area contributed by atoms with Crippen LogP contribution in [0.5, 0.6) is 0 Å². The summed E-state index contributed by atoms with van der Waals surface area (Å²) in [5.74, 6) is 0.908. The first-order valence-corrected chi connectivity index (χ1v) is 9.66. The summed E-state index contributed by atoms with van der Waals surface area (Å²) < 4.78 is -0.807. The molecule has 4 aliphatic carbocycles. The van der Waals surface area contributed by atoms with E-state index in [2.05, 4.69) is 35.9 Å². The molecule has 128 valence electrons. The maximum atomic E-state index is 10.9. The Bertz CT molecular complexity index is 583. The number of aliphatic hydroxyl groups excluding tert-OH is 2. The summed E-state index contributed by atoms with van der Waals surface area (Å²) in [5.41, 5.74) is 0.962. The fourth-order valence-corrected chi connectivity index (χ4v) is 6.91. The molecule has 8 atom stereocenters. The number of allylic oxidation sites excluding steroid dienone is 1. The SMILES string of the molecule is C[C@]12C=CC(O)CC1=CC(O)[C@@H]1[C@H]2CC[C@@]2(C)[C@H]1CCC2(O)Br. The lowest BCUT2D eigenvalue weighted by molar-refractivity contribution is -0.0986. The lowest BCUT2D eigenvalue weighted by Gasteiger charge is -2.58. The first-order valence-electron chi connectivity index (χ1n) is 8.87. The quantitative estimate of drug-likeness (QED) is 0.445. The number of hydrogen-bond donors (Lipinski definition) is 3. The molecule has 0 bridgehead atoms. The second-order valence-corrected chi connectivity index (χ2v) is 9.95. The van der Waals surface area contributed by atoms with E-state index in [1.807, 2.05) is 12.2 Å². The number of hydrogen-bond acceptors (Lipinski definition) is 3. The minimum atomic E-state index is -0.807. The summed E-state index contributed by atoms with van der Waals surface area (Å²) in [5, 5.41) is 31.7. The zero-order valence-corrected chi connectivity index (χ0v) is 15.5. The van der Waals surface area contributed by atoms with Gasteiger partial charge in [-0.3, -0.25) is 0 Å². The average molecular weight is 383 g/mol. The second kappa shape index (κ2) is 4.94. The van der Waals surface area contributed by atoms with Crippen molar-refractivity contribution < 1.29 is 15.3 Å². The summed E-state index contributed by atoms with van der Waals surface area (Å²) >= 11 is 3.58. The van der Waals surface area contributed by atoms with Gasteiger partial charge in [0.15, 0.2) is 0 Å². The predicted molar refractivity (Wildman–Crippen MR) is 92.9 cm³/mol. The lowest BCUT2D eigenvalue weighted by Crippen LogP contribution is -2.55. The number of alkyl halides is 1. The first kappa shape index (κ1) is 16.3. The molecule has 23 heavy (non-hydrogen) atoms. The van der Waals surface area contributed by atoms with Crippen LogP contribution in [0, 0.1) is 28.6 Å². The van der Waals surface area contributed by atoms with Crippen molar-refractivity contribution >= 4 is 15.9 Å². The molecule has 0 spiro atoms. The molecule has 2 fully saturated rings. The Morgan fingerprint density at radius 1 is 1.13 bits per heavy atom.